The number of hydrogen-bond donors (Lipinski definition) is 1. The van der Waals surface area contributed by atoms with Gasteiger partial charge in [-0.1, -0.05) is 60.6 Å². The van der Waals surface area contributed by atoms with Gasteiger partial charge in [-0.25, -0.2) is 4.79 Å². The van der Waals surface area contributed by atoms with E-state index in [0.717, 1.165) is 28.9 Å². The zero-order valence-electron chi connectivity index (χ0n) is 20.8. The average Bonchev–Trinajstić information content (AvgIpc) is 2.70. The third-order valence-electron chi connectivity index (χ3n) is 5.22. The van der Waals surface area contributed by atoms with Crippen LogP contribution >= 0.6 is 0 Å². The highest BCUT2D eigenvalue weighted by Crippen LogP contribution is 2.45. The van der Waals surface area contributed by atoms with Crippen LogP contribution in [-0.2, 0) is 20.4 Å². The number of carbonyl (C=O) groups is 1. The molecule has 0 aliphatic carbocycles. The van der Waals surface area contributed by atoms with Crippen LogP contribution in [0.5, 0.6) is 11.5 Å². The Morgan fingerprint density at radius 1 is 0.969 bits per heavy atom. The van der Waals surface area contributed by atoms with E-state index in [1.165, 1.54) is 11.6 Å². The van der Waals surface area contributed by atoms with Crippen molar-refractivity contribution in [3.63, 3.8) is 0 Å². The van der Waals surface area contributed by atoms with Crippen LogP contribution in [-0.4, -0.2) is 24.3 Å². The zero-order valence-corrected chi connectivity index (χ0v) is 20.8. The molecule has 2 rings (SSSR count). The van der Waals surface area contributed by atoms with Crippen LogP contribution in [0.25, 0.3) is 17.2 Å². The number of aromatic hydroxyl groups is 1. The topological polar surface area (TPSA) is 55.8 Å². The molecule has 0 aliphatic heterocycles. The monoisotopic (exact) mass is 438 g/mol. The van der Waals surface area contributed by atoms with E-state index in [9.17, 15) is 9.90 Å². The molecule has 0 spiro atoms. The molecule has 32 heavy (non-hydrogen) atoms. The second-order valence-electron chi connectivity index (χ2n) is 10.1. The van der Waals surface area contributed by atoms with Crippen molar-refractivity contribution in [1.82, 2.24) is 0 Å². The molecule has 2 aromatic carbocycles. The van der Waals surface area contributed by atoms with Crippen LogP contribution < -0.4 is 4.74 Å². The summed E-state index contributed by atoms with van der Waals surface area (Å²) in [6, 6.07) is 9.67. The van der Waals surface area contributed by atoms with Gasteiger partial charge in [-0.15, -0.1) is 0 Å². The summed E-state index contributed by atoms with van der Waals surface area (Å²) < 4.78 is 11.3. The van der Waals surface area contributed by atoms with Gasteiger partial charge in [-0.2, -0.15) is 0 Å². The maximum absolute atomic E-state index is 11.7. The van der Waals surface area contributed by atoms with E-state index in [1.807, 2.05) is 6.07 Å². The van der Waals surface area contributed by atoms with Gasteiger partial charge in [-0.3, -0.25) is 0 Å². The fraction of sp³-hybridized carbons (Fsp3) is 0.464. The summed E-state index contributed by atoms with van der Waals surface area (Å²) in [7, 11) is 0. The number of hydrogen-bond acceptors (Lipinski definition) is 4. The average molecular weight is 439 g/mol. The van der Waals surface area contributed by atoms with E-state index < -0.39 is 0 Å². The highest BCUT2D eigenvalue weighted by molar-refractivity contribution is 5.88. The number of carbonyl (C=O) groups excluding carboxylic acids is 1. The molecule has 0 heterocycles. The summed E-state index contributed by atoms with van der Waals surface area (Å²) in [6.07, 6.45) is 3.99. The molecule has 0 amide bonds. The molecule has 0 saturated heterocycles. The predicted octanol–water partition coefficient (Wildman–Crippen LogP) is 7.02. The summed E-state index contributed by atoms with van der Waals surface area (Å²) >= 11 is 0. The minimum Gasteiger partial charge on any atom is -0.507 e. The van der Waals surface area contributed by atoms with E-state index in [1.54, 1.807) is 25.1 Å². The Labute approximate surface area is 193 Å². The molecular weight excluding hydrogens is 400 g/mol. The quantitative estimate of drug-likeness (QED) is 0.373. The Balaban J connectivity index is 2.76. The molecule has 1 N–H and O–H groups in total. The molecule has 0 saturated carbocycles. The van der Waals surface area contributed by atoms with Crippen molar-refractivity contribution >= 4 is 12.0 Å². The van der Waals surface area contributed by atoms with Crippen LogP contribution in [0.2, 0.25) is 0 Å². The number of rotatable bonds is 7. The molecule has 0 fully saturated rings. The first kappa shape index (κ1) is 25.5. The lowest BCUT2D eigenvalue weighted by atomic mass is 9.78. The SMILES string of the molecule is CCCOc1c(-c2cc(/C=C/C(=O)OCC)ccc2O)cc(C(C)(C)C)cc1C(C)(C)C. The van der Waals surface area contributed by atoms with Gasteiger partial charge in [0.05, 0.1) is 13.2 Å². The highest BCUT2D eigenvalue weighted by atomic mass is 16.5. The van der Waals surface area contributed by atoms with Gasteiger partial charge in [0.1, 0.15) is 11.5 Å². The van der Waals surface area contributed by atoms with Crippen LogP contribution in [0.3, 0.4) is 0 Å². The molecule has 0 atom stereocenters. The zero-order chi connectivity index (χ0) is 24.1. The van der Waals surface area contributed by atoms with Crippen molar-refractivity contribution < 1.29 is 19.4 Å². The normalized spacial score (nSPS) is 12.2. The number of phenolic OH excluding ortho intramolecular Hbond substituents is 1. The lowest BCUT2D eigenvalue weighted by Gasteiger charge is -2.29. The molecule has 0 bridgehead atoms. The van der Waals surface area contributed by atoms with Gasteiger partial charge in [0.15, 0.2) is 0 Å². The van der Waals surface area contributed by atoms with Crippen LogP contribution in [0.15, 0.2) is 36.4 Å². The molecule has 2 aromatic rings. The van der Waals surface area contributed by atoms with Crippen molar-refractivity contribution in [3.8, 4) is 22.6 Å². The fourth-order valence-corrected chi connectivity index (χ4v) is 3.41. The summed E-state index contributed by atoms with van der Waals surface area (Å²) in [5, 5.41) is 10.8. The third kappa shape index (κ3) is 6.38. The third-order valence-corrected chi connectivity index (χ3v) is 5.22. The molecule has 4 heteroatoms. The Morgan fingerprint density at radius 3 is 2.22 bits per heavy atom. The second-order valence-corrected chi connectivity index (χ2v) is 10.1. The smallest absolute Gasteiger partial charge is 0.330 e. The molecule has 0 radical (unpaired) electrons. The van der Waals surface area contributed by atoms with Gasteiger partial charge in [0.2, 0.25) is 0 Å². The van der Waals surface area contributed by atoms with Crippen molar-refractivity contribution in [1.29, 1.82) is 0 Å². The summed E-state index contributed by atoms with van der Waals surface area (Å²) in [4.78, 5) is 11.7. The van der Waals surface area contributed by atoms with Crippen molar-refractivity contribution in [2.45, 2.75) is 72.6 Å². The largest absolute Gasteiger partial charge is 0.507 e. The van der Waals surface area contributed by atoms with Crippen molar-refractivity contribution in [2.75, 3.05) is 13.2 Å². The molecule has 0 aliphatic rings. The van der Waals surface area contributed by atoms with E-state index in [2.05, 4.69) is 60.6 Å². The van der Waals surface area contributed by atoms with E-state index >= 15 is 0 Å². The van der Waals surface area contributed by atoms with Gasteiger partial charge < -0.3 is 14.6 Å². The van der Waals surface area contributed by atoms with Gasteiger partial charge >= 0.3 is 5.97 Å². The van der Waals surface area contributed by atoms with Crippen LogP contribution in [0.4, 0.5) is 0 Å². The molecular formula is C28H38O4. The molecule has 4 nitrogen and oxygen atoms in total. The van der Waals surface area contributed by atoms with Gasteiger partial charge in [-0.05, 0) is 59.6 Å². The van der Waals surface area contributed by atoms with Crippen LogP contribution in [0, 0.1) is 0 Å². The van der Waals surface area contributed by atoms with Gasteiger partial charge in [0.25, 0.3) is 0 Å². The summed E-state index contributed by atoms with van der Waals surface area (Å²) in [6.45, 7) is 17.9. The lowest BCUT2D eigenvalue weighted by Crippen LogP contribution is -2.18. The van der Waals surface area contributed by atoms with E-state index in [0.29, 0.717) is 18.8 Å². The fourth-order valence-electron chi connectivity index (χ4n) is 3.41. The Morgan fingerprint density at radius 2 is 1.66 bits per heavy atom. The molecule has 0 aromatic heterocycles. The number of ether oxygens (including phenoxy) is 2. The summed E-state index contributed by atoms with van der Waals surface area (Å²) in [5.74, 6) is 0.582. The lowest BCUT2D eigenvalue weighted by molar-refractivity contribution is -0.137. The second kappa shape index (κ2) is 10.2. The molecule has 0 unspecified atom stereocenters. The van der Waals surface area contributed by atoms with E-state index in [-0.39, 0.29) is 22.5 Å². The Hall–Kier alpha value is -2.75. The maximum atomic E-state index is 11.7. The van der Waals surface area contributed by atoms with Crippen molar-refractivity contribution in [2.24, 2.45) is 0 Å². The predicted molar refractivity (Wildman–Crippen MR) is 132 cm³/mol. The summed E-state index contributed by atoms with van der Waals surface area (Å²) in [5.41, 5.74) is 4.41. The van der Waals surface area contributed by atoms with Gasteiger partial charge in [0, 0.05) is 22.8 Å². The first-order valence-electron chi connectivity index (χ1n) is 11.4. The first-order valence-corrected chi connectivity index (χ1v) is 11.4. The first-order chi connectivity index (χ1) is 14.9. The number of benzene rings is 2. The van der Waals surface area contributed by atoms with Crippen LogP contribution in [0.1, 0.15) is 78.5 Å². The number of esters is 1. The Bertz CT molecular complexity index is 972. The highest BCUT2D eigenvalue weighted by Gasteiger charge is 2.27. The molecule has 174 valence electrons. The Kier molecular flexibility index (Phi) is 8.17. The maximum Gasteiger partial charge on any atom is 0.330 e. The number of phenols is 1. The van der Waals surface area contributed by atoms with E-state index in [4.69, 9.17) is 9.47 Å². The standard InChI is InChI=1S/C28H38O4/c1-9-15-32-26-22(17-20(27(3,4)5)18-23(26)28(6,7)8)21-16-19(11-13-24(21)29)12-14-25(30)31-10-2/h11-14,16-18,29H,9-10,15H2,1-8H3/b14-12+. The minimum atomic E-state index is -0.390. The minimum absolute atomic E-state index is 0.0743. The van der Waals surface area contributed by atoms with Crippen molar-refractivity contribution in [3.05, 3.63) is 53.1 Å².